The number of hydrogen-bond donors (Lipinski definition) is 6. The molecule has 2 amide bonds. The van der Waals surface area contributed by atoms with Crippen molar-refractivity contribution in [1.82, 2.24) is 9.55 Å². The number of nitrogens with two attached hydrogens (primary N) is 1. The molecule has 1 fully saturated rings. The number of aliphatic hydroxyl groups excluding tert-OH is 3. The van der Waals surface area contributed by atoms with E-state index in [-0.39, 0.29) is 5.69 Å². The van der Waals surface area contributed by atoms with Crippen molar-refractivity contribution in [3.05, 3.63) is 75.0 Å². The topological polar surface area (TPSA) is 225 Å². The van der Waals surface area contributed by atoms with Crippen LogP contribution in [0.15, 0.2) is 58.0 Å². The van der Waals surface area contributed by atoms with Crippen molar-refractivity contribution in [3.63, 3.8) is 0 Å². The van der Waals surface area contributed by atoms with E-state index in [9.17, 15) is 38.9 Å². The molecule has 16 heteroatoms. The molecule has 2 aliphatic rings. The maximum atomic E-state index is 13.5. The van der Waals surface area contributed by atoms with Crippen LogP contribution in [0.3, 0.4) is 0 Å². The Morgan fingerprint density at radius 2 is 1.95 bits per heavy atom. The van der Waals surface area contributed by atoms with Gasteiger partial charge < -0.3 is 45.3 Å². The molecule has 8 atom stereocenters. The predicted molar refractivity (Wildman–Crippen MR) is 126 cm³/mol. The van der Waals surface area contributed by atoms with Gasteiger partial charge in [0.15, 0.2) is 18.1 Å². The summed E-state index contributed by atoms with van der Waals surface area (Å²) in [6.45, 7) is 0. The van der Waals surface area contributed by atoms with Gasteiger partial charge in [0.05, 0.1) is 0 Å². The number of aromatic amines is 1. The molecule has 1 aromatic heterocycles. The first-order valence-electron chi connectivity index (χ1n) is 11.4. The van der Waals surface area contributed by atoms with Gasteiger partial charge in [-0.1, -0.05) is 6.07 Å². The zero-order valence-corrected chi connectivity index (χ0v) is 20.2. The van der Waals surface area contributed by atoms with Gasteiger partial charge in [0.2, 0.25) is 12.2 Å². The Balaban J connectivity index is 1.55. The smallest absolute Gasteiger partial charge is 0.330 e. The first kappa shape index (κ1) is 28.1. The zero-order valence-electron chi connectivity index (χ0n) is 20.2. The summed E-state index contributed by atoms with van der Waals surface area (Å²) >= 11 is 0. The average Bonchev–Trinajstić information content (AvgIpc) is 3.19. The fourth-order valence-electron chi connectivity index (χ4n) is 4.15. The highest BCUT2D eigenvalue weighted by atomic mass is 19.1. The number of primary amides is 1. The van der Waals surface area contributed by atoms with Gasteiger partial charge in [-0.05, 0) is 24.3 Å². The number of benzene rings is 1. The average molecular weight is 552 g/mol. The van der Waals surface area contributed by atoms with E-state index in [2.05, 4.69) is 5.32 Å². The van der Waals surface area contributed by atoms with Crippen molar-refractivity contribution in [3.8, 4) is 0 Å². The van der Waals surface area contributed by atoms with Gasteiger partial charge in [0, 0.05) is 25.1 Å². The summed E-state index contributed by atoms with van der Waals surface area (Å²) in [5.41, 5.74) is 3.94. The lowest BCUT2D eigenvalue weighted by molar-refractivity contribution is -0.241. The predicted octanol–water partition coefficient (Wildman–Crippen LogP) is -2.58. The number of H-pyrrole nitrogens is 1. The van der Waals surface area contributed by atoms with Crippen molar-refractivity contribution >= 4 is 17.5 Å². The van der Waals surface area contributed by atoms with Crippen LogP contribution in [0.1, 0.15) is 6.23 Å². The highest BCUT2D eigenvalue weighted by Gasteiger charge is 2.52. The molecule has 0 radical (unpaired) electrons. The fraction of sp³-hybridized carbons (Fsp3) is 0.391. The number of rotatable bonds is 8. The summed E-state index contributed by atoms with van der Waals surface area (Å²) < 4.78 is 36.2. The van der Waals surface area contributed by atoms with Crippen molar-refractivity contribution in [2.45, 2.75) is 49.1 Å². The van der Waals surface area contributed by atoms with E-state index in [0.717, 1.165) is 35.0 Å². The molecule has 0 spiro atoms. The van der Waals surface area contributed by atoms with Gasteiger partial charge in [0.25, 0.3) is 11.5 Å². The molecule has 39 heavy (non-hydrogen) atoms. The number of aromatic nitrogens is 2. The number of halogens is 1. The van der Waals surface area contributed by atoms with Crippen LogP contribution in [0.5, 0.6) is 0 Å². The van der Waals surface area contributed by atoms with Gasteiger partial charge in [0.1, 0.15) is 36.3 Å². The van der Waals surface area contributed by atoms with E-state index in [1.807, 2.05) is 4.98 Å². The lowest BCUT2D eigenvalue weighted by atomic mass is 10.0. The summed E-state index contributed by atoms with van der Waals surface area (Å²) in [5.74, 6) is -3.26. The molecule has 1 saturated heterocycles. The summed E-state index contributed by atoms with van der Waals surface area (Å²) in [4.78, 5) is 50.7. The van der Waals surface area contributed by atoms with E-state index in [1.165, 1.54) is 19.2 Å². The third kappa shape index (κ3) is 5.90. The van der Waals surface area contributed by atoms with Crippen molar-refractivity contribution < 1.29 is 48.2 Å². The number of amides is 2. The second-order valence-corrected chi connectivity index (χ2v) is 8.62. The Hall–Kier alpha value is -3.93. The first-order chi connectivity index (χ1) is 18.5. The standard InChI is InChI=1S/C23H25FN4O11/c1-36-16-15(32)21(28-6-5-13(30)27-23(28)35)38-17(16)18(19(25)33)39-22-14(31)11(29)8-12(37-22)20(34)26-10-4-2-3-9(24)7-10/h2-8,11,14-18,21-22,29,31-32H,1H3,(H2,25,33)(H,26,34)(H,27,30,35)/t11-,14-,15+,16-,17-,18+,21+,22+/m0/s1. The number of anilines is 1. The normalized spacial score (nSPS) is 29.3. The molecule has 1 aromatic carbocycles. The number of carbonyl (C=O) groups excluding carboxylic acids is 2. The van der Waals surface area contributed by atoms with E-state index >= 15 is 0 Å². The van der Waals surface area contributed by atoms with Crippen LogP contribution in [0.4, 0.5) is 10.1 Å². The highest BCUT2D eigenvalue weighted by molar-refractivity contribution is 6.02. The zero-order chi connectivity index (χ0) is 28.4. The van der Waals surface area contributed by atoms with Crippen molar-refractivity contribution in [1.29, 1.82) is 0 Å². The lowest BCUT2D eigenvalue weighted by Gasteiger charge is -2.35. The Labute approximate surface area is 218 Å². The van der Waals surface area contributed by atoms with Crippen LogP contribution in [0.25, 0.3) is 0 Å². The van der Waals surface area contributed by atoms with Crippen LogP contribution in [-0.2, 0) is 28.5 Å². The number of carbonyl (C=O) groups is 2. The Morgan fingerprint density at radius 1 is 1.21 bits per heavy atom. The van der Waals surface area contributed by atoms with E-state index in [0.29, 0.717) is 0 Å². The monoisotopic (exact) mass is 552 g/mol. The number of methoxy groups -OCH3 is 1. The molecule has 3 heterocycles. The van der Waals surface area contributed by atoms with Crippen LogP contribution in [0.2, 0.25) is 0 Å². The number of aliphatic hydroxyl groups is 3. The highest BCUT2D eigenvalue weighted by Crippen LogP contribution is 2.34. The maximum absolute atomic E-state index is 13.5. The Bertz CT molecular complexity index is 1380. The minimum absolute atomic E-state index is 0.0670. The van der Waals surface area contributed by atoms with Gasteiger partial charge in [-0.15, -0.1) is 0 Å². The van der Waals surface area contributed by atoms with Crippen LogP contribution in [-0.4, -0.2) is 86.7 Å². The van der Waals surface area contributed by atoms with Gasteiger partial charge in [-0.25, -0.2) is 9.18 Å². The largest absolute Gasteiger partial charge is 0.456 e. The van der Waals surface area contributed by atoms with E-state index in [1.54, 1.807) is 0 Å². The number of nitrogens with zero attached hydrogens (tertiary/aromatic N) is 1. The summed E-state index contributed by atoms with van der Waals surface area (Å²) in [5, 5.41) is 33.8. The summed E-state index contributed by atoms with van der Waals surface area (Å²) in [7, 11) is 1.17. The summed E-state index contributed by atoms with van der Waals surface area (Å²) in [6.07, 6.45) is -11.1. The Morgan fingerprint density at radius 3 is 2.59 bits per heavy atom. The Kier molecular flexibility index (Phi) is 8.24. The summed E-state index contributed by atoms with van der Waals surface area (Å²) in [6, 6.07) is 5.93. The molecule has 0 saturated carbocycles. The quantitative estimate of drug-likeness (QED) is 0.199. The van der Waals surface area contributed by atoms with E-state index < -0.39 is 83.8 Å². The molecule has 7 N–H and O–H groups in total. The van der Waals surface area contributed by atoms with Crippen LogP contribution >= 0.6 is 0 Å². The molecule has 0 aliphatic carbocycles. The third-order valence-corrected chi connectivity index (χ3v) is 6.01. The first-order valence-corrected chi connectivity index (χ1v) is 11.4. The molecule has 4 rings (SSSR count). The SMILES string of the molecule is CO[C@H]1[C@@H](O)[C@H](n2ccc(=O)[nH]c2=O)O[C@@H]1[C@@H](O[C@H]1OC(C(=O)Nc2cccc(F)c2)=C[C@H](O)[C@@H]1O)C(N)=O. The van der Waals surface area contributed by atoms with E-state index in [4.69, 9.17) is 24.7 Å². The fourth-order valence-corrected chi connectivity index (χ4v) is 4.15. The lowest BCUT2D eigenvalue weighted by Crippen LogP contribution is -2.53. The molecule has 210 valence electrons. The molecule has 2 aliphatic heterocycles. The maximum Gasteiger partial charge on any atom is 0.330 e. The van der Waals surface area contributed by atoms with Crippen LogP contribution in [0, 0.1) is 5.82 Å². The third-order valence-electron chi connectivity index (χ3n) is 6.01. The van der Waals surface area contributed by atoms with Gasteiger partial charge in [-0.3, -0.25) is 23.9 Å². The number of hydrogen-bond acceptors (Lipinski definition) is 11. The minimum Gasteiger partial charge on any atom is -0.456 e. The molecular formula is C23H25FN4O11. The molecular weight excluding hydrogens is 527 g/mol. The molecule has 2 aromatic rings. The second-order valence-electron chi connectivity index (χ2n) is 8.62. The number of nitrogens with one attached hydrogen (secondary N) is 2. The number of ether oxygens (including phenoxy) is 4. The molecule has 0 bridgehead atoms. The minimum atomic E-state index is -1.86. The van der Waals surface area contributed by atoms with Crippen LogP contribution < -0.4 is 22.3 Å². The molecule has 15 nitrogen and oxygen atoms in total. The second kappa shape index (κ2) is 11.4. The van der Waals surface area contributed by atoms with Gasteiger partial charge in [-0.2, -0.15) is 0 Å². The van der Waals surface area contributed by atoms with Crippen molar-refractivity contribution in [2.24, 2.45) is 5.73 Å². The molecule has 0 unspecified atom stereocenters. The van der Waals surface area contributed by atoms with Crippen molar-refractivity contribution in [2.75, 3.05) is 12.4 Å². The van der Waals surface area contributed by atoms with Gasteiger partial charge >= 0.3 is 5.69 Å².